The highest BCUT2D eigenvalue weighted by atomic mass is 16.5. The molecule has 0 aromatic carbocycles. The van der Waals surface area contributed by atoms with Gasteiger partial charge in [-0.3, -0.25) is 14.5 Å². The molecule has 5 nitrogen and oxygen atoms in total. The molecule has 94 valence electrons. The molecule has 0 amide bonds. The van der Waals surface area contributed by atoms with Crippen molar-refractivity contribution in [3.63, 3.8) is 0 Å². The lowest BCUT2D eigenvalue weighted by atomic mass is 10.1. The Bertz CT molecular complexity index is 561. The van der Waals surface area contributed by atoms with Crippen molar-refractivity contribution in [2.45, 2.75) is 20.0 Å². The van der Waals surface area contributed by atoms with Crippen molar-refractivity contribution in [3.05, 3.63) is 42.0 Å². The first kappa shape index (κ1) is 12.3. The maximum absolute atomic E-state index is 12.2. The third-order valence-electron chi connectivity index (χ3n) is 2.40. The fraction of sp³-hybridized carbons (Fsp3) is 0.308. The fourth-order valence-electron chi connectivity index (χ4n) is 1.62. The number of carbonyl (C=O) groups excluding carboxylic acids is 1. The molecule has 0 unspecified atom stereocenters. The number of aryl methyl sites for hydroxylation is 1. The van der Waals surface area contributed by atoms with Crippen molar-refractivity contribution >= 4 is 5.78 Å². The molecule has 0 bridgehead atoms. The Hall–Kier alpha value is -2.17. The predicted octanol–water partition coefficient (Wildman–Crippen LogP) is 1.83. The second-order valence-corrected chi connectivity index (χ2v) is 4.25. The standard InChI is InChI=1S/C13H15N3O2/c1-9(2)18-11-6-10(7-14-8-11)13(17)12-4-5-15-16(12)3/h4-9H,1-3H3. The van der Waals surface area contributed by atoms with E-state index in [0.29, 0.717) is 17.0 Å². The molecule has 2 heterocycles. The average molecular weight is 245 g/mol. The molecule has 0 atom stereocenters. The van der Waals surface area contributed by atoms with Crippen LogP contribution in [0.1, 0.15) is 29.9 Å². The highest BCUT2D eigenvalue weighted by Crippen LogP contribution is 2.15. The van der Waals surface area contributed by atoms with E-state index in [0.717, 1.165) is 0 Å². The average Bonchev–Trinajstić information content (AvgIpc) is 2.74. The summed E-state index contributed by atoms with van der Waals surface area (Å²) in [5.74, 6) is 0.481. The predicted molar refractivity (Wildman–Crippen MR) is 66.6 cm³/mol. The Morgan fingerprint density at radius 1 is 1.39 bits per heavy atom. The lowest BCUT2D eigenvalue weighted by molar-refractivity contribution is 0.102. The van der Waals surface area contributed by atoms with Crippen molar-refractivity contribution in [1.82, 2.24) is 14.8 Å². The van der Waals surface area contributed by atoms with Crippen LogP contribution < -0.4 is 4.74 Å². The smallest absolute Gasteiger partial charge is 0.212 e. The summed E-state index contributed by atoms with van der Waals surface area (Å²) in [5, 5.41) is 3.98. The first-order valence-corrected chi connectivity index (χ1v) is 5.72. The van der Waals surface area contributed by atoms with E-state index in [9.17, 15) is 4.79 Å². The Kier molecular flexibility index (Phi) is 3.41. The normalized spacial score (nSPS) is 10.7. The minimum Gasteiger partial charge on any atom is -0.489 e. The van der Waals surface area contributed by atoms with Gasteiger partial charge in [-0.15, -0.1) is 0 Å². The molecule has 2 aromatic heterocycles. The maximum Gasteiger partial charge on any atom is 0.212 e. The van der Waals surface area contributed by atoms with E-state index in [-0.39, 0.29) is 11.9 Å². The molecule has 0 aliphatic rings. The SMILES string of the molecule is CC(C)Oc1cncc(C(=O)c2ccnn2C)c1. The van der Waals surface area contributed by atoms with Crippen LogP contribution in [0.2, 0.25) is 0 Å². The Morgan fingerprint density at radius 3 is 2.78 bits per heavy atom. The Labute approximate surface area is 105 Å². The van der Waals surface area contributed by atoms with Crippen LogP contribution in [0.25, 0.3) is 0 Å². The van der Waals surface area contributed by atoms with E-state index in [2.05, 4.69) is 10.1 Å². The summed E-state index contributed by atoms with van der Waals surface area (Å²) in [6.07, 6.45) is 4.77. The van der Waals surface area contributed by atoms with Crippen molar-refractivity contribution in [2.75, 3.05) is 0 Å². The van der Waals surface area contributed by atoms with Crippen LogP contribution >= 0.6 is 0 Å². The summed E-state index contributed by atoms with van der Waals surface area (Å²) >= 11 is 0. The van der Waals surface area contributed by atoms with E-state index < -0.39 is 0 Å². The van der Waals surface area contributed by atoms with E-state index >= 15 is 0 Å². The van der Waals surface area contributed by atoms with Crippen molar-refractivity contribution < 1.29 is 9.53 Å². The number of ether oxygens (including phenoxy) is 1. The molecule has 0 saturated heterocycles. The zero-order valence-corrected chi connectivity index (χ0v) is 10.6. The first-order valence-electron chi connectivity index (χ1n) is 5.72. The van der Waals surface area contributed by atoms with Gasteiger partial charge in [-0.1, -0.05) is 0 Å². The number of rotatable bonds is 4. The van der Waals surface area contributed by atoms with Gasteiger partial charge in [-0.25, -0.2) is 0 Å². The molecular formula is C13H15N3O2. The lowest BCUT2D eigenvalue weighted by Crippen LogP contribution is -2.10. The van der Waals surface area contributed by atoms with Gasteiger partial charge >= 0.3 is 0 Å². The third-order valence-corrected chi connectivity index (χ3v) is 2.40. The van der Waals surface area contributed by atoms with E-state index in [1.807, 2.05) is 13.8 Å². The molecule has 2 aromatic rings. The fourth-order valence-corrected chi connectivity index (χ4v) is 1.62. The second kappa shape index (κ2) is 5.00. The van der Waals surface area contributed by atoms with Gasteiger partial charge in [-0.2, -0.15) is 5.10 Å². The minimum absolute atomic E-state index is 0.0499. The minimum atomic E-state index is -0.114. The highest BCUT2D eigenvalue weighted by molar-refractivity contribution is 6.07. The summed E-state index contributed by atoms with van der Waals surface area (Å²) < 4.78 is 7.06. The zero-order chi connectivity index (χ0) is 13.1. The maximum atomic E-state index is 12.2. The van der Waals surface area contributed by atoms with E-state index in [4.69, 9.17) is 4.74 Å². The van der Waals surface area contributed by atoms with Crippen molar-refractivity contribution in [2.24, 2.45) is 7.05 Å². The molecule has 0 radical (unpaired) electrons. The Morgan fingerprint density at radius 2 is 2.17 bits per heavy atom. The van der Waals surface area contributed by atoms with E-state index in [1.54, 1.807) is 31.6 Å². The van der Waals surface area contributed by atoms with Crippen LogP contribution in [0.3, 0.4) is 0 Å². The van der Waals surface area contributed by atoms with Gasteiger partial charge in [-0.05, 0) is 26.0 Å². The summed E-state index contributed by atoms with van der Waals surface area (Å²) in [6, 6.07) is 3.38. The van der Waals surface area contributed by atoms with Gasteiger partial charge in [0.25, 0.3) is 0 Å². The van der Waals surface area contributed by atoms with Gasteiger partial charge in [0.2, 0.25) is 5.78 Å². The molecule has 5 heteroatoms. The van der Waals surface area contributed by atoms with Crippen LogP contribution in [0.5, 0.6) is 5.75 Å². The van der Waals surface area contributed by atoms with Gasteiger partial charge in [0.15, 0.2) is 0 Å². The summed E-state index contributed by atoms with van der Waals surface area (Å²) in [5.41, 5.74) is 1.02. The van der Waals surface area contributed by atoms with E-state index in [1.165, 1.54) is 10.9 Å². The quantitative estimate of drug-likeness (QED) is 0.771. The number of nitrogens with zero attached hydrogens (tertiary/aromatic N) is 3. The topological polar surface area (TPSA) is 57.0 Å². The number of hydrogen-bond acceptors (Lipinski definition) is 4. The monoisotopic (exact) mass is 245 g/mol. The zero-order valence-electron chi connectivity index (χ0n) is 10.6. The van der Waals surface area contributed by atoms with Crippen LogP contribution in [-0.4, -0.2) is 26.7 Å². The van der Waals surface area contributed by atoms with Crippen molar-refractivity contribution in [3.8, 4) is 5.75 Å². The number of carbonyl (C=O) groups is 1. The number of ketones is 1. The number of pyridine rings is 1. The number of aromatic nitrogens is 3. The molecular weight excluding hydrogens is 230 g/mol. The summed E-state index contributed by atoms with van der Waals surface area (Å²) in [7, 11) is 1.73. The molecule has 0 aliphatic heterocycles. The van der Waals surface area contributed by atoms with Crippen LogP contribution in [-0.2, 0) is 7.05 Å². The second-order valence-electron chi connectivity index (χ2n) is 4.25. The van der Waals surface area contributed by atoms with Gasteiger partial charge in [0.1, 0.15) is 11.4 Å². The van der Waals surface area contributed by atoms with Gasteiger partial charge in [0, 0.05) is 25.0 Å². The highest BCUT2D eigenvalue weighted by Gasteiger charge is 2.14. The molecule has 0 N–H and O–H groups in total. The molecule has 0 aliphatic carbocycles. The first-order chi connectivity index (χ1) is 8.58. The van der Waals surface area contributed by atoms with Crippen LogP contribution in [0.4, 0.5) is 0 Å². The van der Waals surface area contributed by atoms with Crippen LogP contribution in [0, 0.1) is 0 Å². The molecule has 0 saturated carbocycles. The largest absolute Gasteiger partial charge is 0.489 e. The lowest BCUT2D eigenvalue weighted by Gasteiger charge is -2.09. The van der Waals surface area contributed by atoms with Gasteiger partial charge in [0.05, 0.1) is 12.3 Å². The summed E-state index contributed by atoms with van der Waals surface area (Å²) in [6.45, 7) is 3.85. The molecule has 18 heavy (non-hydrogen) atoms. The van der Waals surface area contributed by atoms with Crippen LogP contribution in [0.15, 0.2) is 30.7 Å². The Balaban J connectivity index is 2.29. The molecule has 0 spiro atoms. The summed E-state index contributed by atoms with van der Waals surface area (Å²) in [4.78, 5) is 16.2. The third kappa shape index (κ3) is 2.56. The van der Waals surface area contributed by atoms with Gasteiger partial charge < -0.3 is 4.74 Å². The number of hydrogen-bond donors (Lipinski definition) is 0. The van der Waals surface area contributed by atoms with Crippen molar-refractivity contribution in [1.29, 1.82) is 0 Å². The molecule has 2 rings (SSSR count). The molecule has 0 fully saturated rings.